The van der Waals surface area contributed by atoms with Gasteiger partial charge in [-0.05, 0) is 43.0 Å². The Kier molecular flexibility index (Phi) is 7.17. The van der Waals surface area contributed by atoms with Crippen LogP contribution >= 0.6 is 0 Å². The summed E-state index contributed by atoms with van der Waals surface area (Å²) in [6, 6.07) is 12.1. The summed E-state index contributed by atoms with van der Waals surface area (Å²) in [4.78, 5) is 54.0. The molecule has 3 aliphatic rings. The molecule has 1 unspecified atom stereocenters. The number of carbonyl (C=O) groups excluding carboxylic acids is 4. The highest BCUT2D eigenvalue weighted by Gasteiger charge is 2.44. The summed E-state index contributed by atoms with van der Waals surface area (Å²) in [7, 11) is 0. The minimum Gasteiger partial charge on any atom is -0.353 e. The van der Waals surface area contributed by atoms with Gasteiger partial charge < -0.3 is 16.0 Å². The van der Waals surface area contributed by atoms with Gasteiger partial charge in [-0.25, -0.2) is 10.9 Å². The molecule has 5 rings (SSSR count). The van der Waals surface area contributed by atoms with Gasteiger partial charge in [0.25, 0.3) is 5.91 Å². The van der Waals surface area contributed by atoms with Gasteiger partial charge in [0.05, 0.1) is 11.7 Å². The van der Waals surface area contributed by atoms with Crippen LogP contribution in [0.25, 0.3) is 0 Å². The number of nitrogens with zero attached hydrogens (tertiary/aromatic N) is 1. The van der Waals surface area contributed by atoms with E-state index in [9.17, 15) is 19.2 Å². The smallest absolute Gasteiger partial charge is 0.251 e. The number of aryl methyl sites for hydroxylation is 1. The number of anilines is 1. The normalized spacial score (nSPS) is 23.1. The fourth-order valence-corrected chi connectivity index (χ4v) is 5.05. The first kappa shape index (κ1) is 24.9. The number of rotatable bonds is 7. The van der Waals surface area contributed by atoms with Crippen molar-refractivity contribution in [1.29, 1.82) is 0 Å². The van der Waals surface area contributed by atoms with Crippen LogP contribution in [-0.4, -0.2) is 60.9 Å². The van der Waals surface area contributed by atoms with Crippen molar-refractivity contribution in [3.05, 3.63) is 65.2 Å². The van der Waals surface area contributed by atoms with E-state index in [0.29, 0.717) is 37.9 Å². The Morgan fingerprint density at radius 1 is 1.08 bits per heavy atom. The number of benzene rings is 2. The van der Waals surface area contributed by atoms with Gasteiger partial charge >= 0.3 is 0 Å². The molecule has 0 bridgehead atoms. The summed E-state index contributed by atoms with van der Waals surface area (Å²) in [5, 5.41) is 8.45. The molecule has 0 spiro atoms. The van der Waals surface area contributed by atoms with Crippen molar-refractivity contribution in [2.45, 2.75) is 50.4 Å². The van der Waals surface area contributed by atoms with Crippen LogP contribution in [-0.2, 0) is 27.2 Å². The lowest BCUT2D eigenvalue weighted by atomic mass is 10.0. The second-order valence-corrected chi connectivity index (χ2v) is 9.61. The highest BCUT2D eigenvalue weighted by Crippen LogP contribution is 2.39. The molecule has 2 aromatic rings. The van der Waals surface area contributed by atoms with Crippen LogP contribution in [0, 0.1) is 0 Å². The Hall–Kier alpha value is -3.80. The fourth-order valence-electron chi connectivity index (χ4n) is 5.05. The molecule has 0 aromatic heterocycles. The zero-order valence-electron chi connectivity index (χ0n) is 20.5. The molecular weight excluding hydrogens is 474 g/mol. The summed E-state index contributed by atoms with van der Waals surface area (Å²) in [6.07, 6.45) is 1.40. The number of carbonyl (C=O) groups is 4. The zero-order chi connectivity index (χ0) is 25.9. The fraction of sp³-hybridized carbons (Fsp3) is 0.385. The van der Waals surface area contributed by atoms with Crippen molar-refractivity contribution < 1.29 is 19.2 Å². The van der Waals surface area contributed by atoms with Gasteiger partial charge in [0.15, 0.2) is 0 Å². The molecule has 11 heteroatoms. The number of amides is 4. The minimum absolute atomic E-state index is 0.0303. The number of hydrogen-bond acceptors (Lipinski definition) is 7. The molecule has 0 aliphatic carbocycles. The first-order valence-corrected chi connectivity index (χ1v) is 12.5. The van der Waals surface area contributed by atoms with Crippen LogP contribution in [0.2, 0.25) is 0 Å². The summed E-state index contributed by atoms with van der Waals surface area (Å²) in [5.74, 6) is -1.38. The maximum atomic E-state index is 13.8. The summed E-state index contributed by atoms with van der Waals surface area (Å²) >= 11 is 0. The summed E-state index contributed by atoms with van der Waals surface area (Å²) < 4.78 is 0. The average Bonchev–Trinajstić information content (AvgIpc) is 3.55. The first-order valence-electron chi connectivity index (χ1n) is 12.5. The van der Waals surface area contributed by atoms with Crippen LogP contribution in [0.15, 0.2) is 48.5 Å². The van der Waals surface area contributed by atoms with Crippen molar-refractivity contribution >= 4 is 29.3 Å². The van der Waals surface area contributed by atoms with E-state index in [4.69, 9.17) is 0 Å². The minimum atomic E-state index is -0.847. The highest BCUT2D eigenvalue weighted by molar-refractivity contribution is 6.08. The molecule has 194 valence electrons. The Labute approximate surface area is 214 Å². The Bertz CT molecular complexity index is 1200. The third-order valence-corrected chi connectivity index (χ3v) is 7.04. The van der Waals surface area contributed by atoms with E-state index < -0.39 is 24.0 Å². The van der Waals surface area contributed by atoms with Gasteiger partial charge in [0, 0.05) is 25.1 Å². The van der Waals surface area contributed by atoms with E-state index in [1.54, 1.807) is 42.2 Å². The molecule has 11 nitrogen and oxygen atoms in total. The average molecular weight is 506 g/mol. The van der Waals surface area contributed by atoms with Gasteiger partial charge in [-0.15, -0.1) is 0 Å². The summed E-state index contributed by atoms with van der Waals surface area (Å²) in [6.45, 7) is 2.64. The van der Waals surface area contributed by atoms with E-state index >= 15 is 0 Å². The molecule has 3 aliphatic heterocycles. The third-order valence-electron chi connectivity index (χ3n) is 7.04. The van der Waals surface area contributed by atoms with Crippen LogP contribution in [0.3, 0.4) is 0 Å². The van der Waals surface area contributed by atoms with Crippen molar-refractivity contribution in [3.63, 3.8) is 0 Å². The topological polar surface area (TPSA) is 144 Å². The van der Waals surface area contributed by atoms with Crippen molar-refractivity contribution in [2.24, 2.45) is 0 Å². The second-order valence-electron chi connectivity index (χ2n) is 9.61. The van der Waals surface area contributed by atoms with Gasteiger partial charge in [0.2, 0.25) is 17.7 Å². The van der Waals surface area contributed by atoms with Crippen LogP contribution in [0.5, 0.6) is 0 Å². The SMILES string of the molecule is C[C@H](NC(=O)c1ccccc1)C(=O)N[C@H]1CCc2cccc3c2N(C1=O)[C@H](C(=O)NCC1CNNN1)C3. The Morgan fingerprint density at radius 3 is 2.62 bits per heavy atom. The predicted octanol–water partition coefficient (Wildman–Crippen LogP) is -0.709. The molecule has 0 radical (unpaired) electrons. The number of para-hydroxylation sites is 1. The van der Waals surface area contributed by atoms with E-state index in [2.05, 4.69) is 32.3 Å². The highest BCUT2D eigenvalue weighted by atomic mass is 16.2. The molecule has 4 atom stereocenters. The molecule has 1 fully saturated rings. The standard InChI is InChI=1S/C26H31N7O4/c1-15(29-24(35)17-6-3-2-4-7-17)23(34)30-20-11-10-16-8-5-9-18-12-21(33(22(16)18)26(20)37)25(36)27-13-19-14-28-32-31-19/h2-9,15,19-21,28,31-32H,10-14H2,1H3,(H,27,36)(H,29,35)(H,30,34)/t15-,19?,20-,21-/m0/s1. The first-order chi connectivity index (χ1) is 17.9. The van der Waals surface area contributed by atoms with Crippen LogP contribution in [0.1, 0.15) is 34.8 Å². The molecule has 0 saturated carbocycles. The van der Waals surface area contributed by atoms with Gasteiger partial charge in [-0.3, -0.25) is 24.1 Å². The zero-order valence-corrected chi connectivity index (χ0v) is 20.5. The molecule has 37 heavy (non-hydrogen) atoms. The quantitative estimate of drug-likeness (QED) is 0.292. The lowest BCUT2D eigenvalue weighted by Crippen LogP contribution is -2.57. The van der Waals surface area contributed by atoms with Crippen molar-refractivity contribution in [3.8, 4) is 0 Å². The lowest BCUT2D eigenvalue weighted by Gasteiger charge is -2.28. The molecule has 1 saturated heterocycles. The molecular formula is C26H31N7O4. The molecule has 4 amide bonds. The molecule has 3 heterocycles. The monoisotopic (exact) mass is 505 g/mol. The Morgan fingerprint density at radius 2 is 1.86 bits per heavy atom. The Balaban J connectivity index is 1.29. The molecule has 6 N–H and O–H groups in total. The largest absolute Gasteiger partial charge is 0.353 e. The lowest BCUT2D eigenvalue weighted by molar-refractivity contribution is -0.130. The van der Waals surface area contributed by atoms with Crippen molar-refractivity contribution in [1.82, 2.24) is 32.3 Å². The predicted molar refractivity (Wildman–Crippen MR) is 136 cm³/mol. The summed E-state index contributed by atoms with van der Waals surface area (Å²) in [5.41, 5.74) is 11.9. The molecule has 2 aromatic carbocycles. The number of hydrazine groups is 2. The number of hydrogen-bond donors (Lipinski definition) is 6. The maximum Gasteiger partial charge on any atom is 0.251 e. The van der Waals surface area contributed by atoms with E-state index in [1.807, 2.05) is 18.2 Å². The number of nitrogens with one attached hydrogen (secondary N) is 6. The van der Waals surface area contributed by atoms with Gasteiger partial charge in [0.1, 0.15) is 18.1 Å². The van der Waals surface area contributed by atoms with Gasteiger partial charge in [-0.1, -0.05) is 36.4 Å². The van der Waals surface area contributed by atoms with E-state index in [-0.39, 0.29) is 23.8 Å². The van der Waals surface area contributed by atoms with Crippen LogP contribution in [0.4, 0.5) is 5.69 Å². The van der Waals surface area contributed by atoms with Gasteiger partial charge in [-0.2, -0.15) is 5.53 Å². The maximum absolute atomic E-state index is 13.8. The van der Waals surface area contributed by atoms with Crippen LogP contribution < -0.4 is 37.2 Å². The van der Waals surface area contributed by atoms with Crippen molar-refractivity contribution in [2.75, 3.05) is 18.0 Å². The van der Waals surface area contributed by atoms with E-state index in [0.717, 1.165) is 16.8 Å². The van der Waals surface area contributed by atoms with E-state index in [1.165, 1.54) is 0 Å². The third kappa shape index (κ3) is 5.19. The second kappa shape index (κ2) is 10.7.